The van der Waals surface area contributed by atoms with Crippen LogP contribution < -0.4 is 11.1 Å². The van der Waals surface area contributed by atoms with E-state index in [4.69, 9.17) is 10.9 Å². The summed E-state index contributed by atoms with van der Waals surface area (Å²) >= 11 is 0. The zero-order valence-corrected chi connectivity index (χ0v) is 11.6. The molecule has 2 aliphatic carbocycles. The number of carbonyl (C=O) groups excluding carboxylic acids is 1. The van der Waals surface area contributed by atoms with E-state index < -0.39 is 5.82 Å². The van der Waals surface area contributed by atoms with Gasteiger partial charge in [-0.05, 0) is 37.2 Å². The maximum atomic E-state index is 13.9. The number of amidine groups is 1. The lowest BCUT2D eigenvalue weighted by Gasteiger charge is -2.13. The number of oxime groups is 1. The Hall–Kier alpha value is -2.11. The average Bonchev–Trinajstić information content (AvgIpc) is 3.10. The van der Waals surface area contributed by atoms with E-state index in [1.807, 2.05) is 0 Å². The highest BCUT2D eigenvalue weighted by Gasteiger charge is 2.47. The SMILES string of the molecule is N/C(=N/O)c1ccc(CNC(=O)C2CC3CC3C2)c(F)c1. The summed E-state index contributed by atoms with van der Waals surface area (Å²) < 4.78 is 13.9. The fourth-order valence-corrected chi connectivity index (χ4v) is 3.16. The van der Waals surface area contributed by atoms with Crippen molar-refractivity contribution in [3.05, 3.63) is 35.1 Å². The number of nitrogens with zero attached hydrogens (tertiary/aromatic N) is 1. The van der Waals surface area contributed by atoms with Crippen LogP contribution in [0.4, 0.5) is 4.39 Å². The molecule has 2 fully saturated rings. The topological polar surface area (TPSA) is 87.7 Å². The molecule has 0 bridgehead atoms. The van der Waals surface area contributed by atoms with Crippen molar-refractivity contribution in [2.75, 3.05) is 0 Å². The molecule has 2 unspecified atom stereocenters. The summed E-state index contributed by atoms with van der Waals surface area (Å²) in [6, 6.07) is 4.29. The summed E-state index contributed by atoms with van der Waals surface area (Å²) in [7, 11) is 0. The van der Waals surface area contributed by atoms with E-state index in [0.717, 1.165) is 24.7 Å². The summed E-state index contributed by atoms with van der Waals surface area (Å²) in [6.07, 6.45) is 3.22. The van der Waals surface area contributed by atoms with Crippen LogP contribution in [-0.4, -0.2) is 17.0 Å². The molecule has 1 aromatic carbocycles. The Balaban J connectivity index is 1.58. The summed E-state index contributed by atoms with van der Waals surface area (Å²) in [6.45, 7) is 0.160. The number of benzene rings is 1. The quantitative estimate of drug-likeness (QED) is 0.340. The first-order valence-corrected chi connectivity index (χ1v) is 7.12. The molecule has 3 rings (SSSR count). The molecule has 0 aliphatic heterocycles. The van der Waals surface area contributed by atoms with Crippen molar-refractivity contribution in [2.24, 2.45) is 28.6 Å². The lowest BCUT2D eigenvalue weighted by atomic mass is 10.0. The number of rotatable bonds is 4. The second-order valence-electron chi connectivity index (χ2n) is 5.93. The largest absolute Gasteiger partial charge is 0.409 e. The number of nitrogens with two attached hydrogens (primary N) is 1. The number of fused-ring (bicyclic) bond motifs is 1. The molecule has 5 nitrogen and oxygen atoms in total. The molecule has 0 aromatic heterocycles. The number of hydrogen-bond donors (Lipinski definition) is 3. The van der Waals surface area contributed by atoms with Gasteiger partial charge in [0.25, 0.3) is 0 Å². The highest BCUT2D eigenvalue weighted by molar-refractivity contribution is 5.97. The third-order valence-electron chi connectivity index (χ3n) is 4.52. The molecular formula is C15H18FN3O2. The van der Waals surface area contributed by atoms with E-state index in [9.17, 15) is 9.18 Å². The number of carbonyl (C=O) groups is 1. The third-order valence-corrected chi connectivity index (χ3v) is 4.52. The summed E-state index contributed by atoms with van der Waals surface area (Å²) in [4.78, 5) is 12.0. The van der Waals surface area contributed by atoms with E-state index in [1.165, 1.54) is 18.6 Å². The van der Waals surface area contributed by atoms with Crippen molar-refractivity contribution in [1.82, 2.24) is 5.32 Å². The Morgan fingerprint density at radius 2 is 2.10 bits per heavy atom. The van der Waals surface area contributed by atoms with Gasteiger partial charge in [-0.2, -0.15) is 0 Å². The van der Waals surface area contributed by atoms with Gasteiger partial charge in [-0.1, -0.05) is 17.3 Å². The molecule has 0 spiro atoms. The molecule has 4 N–H and O–H groups in total. The lowest BCUT2D eigenvalue weighted by molar-refractivity contribution is -0.125. The van der Waals surface area contributed by atoms with E-state index >= 15 is 0 Å². The standard InChI is InChI=1S/C15H18FN3O2/c16-13-6-8(14(17)19-21)1-2-9(13)7-18-15(20)12-4-10-3-11(10)5-12/h1-2,6,10-12,21H,3-5,7H2,(H2,17,19)(H,18,20). The van der Waals surface area contributed by atoms with Crippen LogP contribution >= 0.6 is 0 Å². The third kappa shape index (κ3) is 2.84. The minimum Gasteiger partial charge on any atom is -0.409 e. The van der Waals surface area contributed by atoms with E-state index in [2.05, 4.69) is 10.5 Å². The normalized spacial score (nSPS) is 27.3. The van der Waals surface area contributed by atoms with Crippen LogP contribution in [0.15, 0.2) is 23.4 Å². The monoisotopic (exact) mass is 291 g/mol. The second kappa shape index (κ2) is 5.35. The molecule has 0 saturated heterocycles. The molecule has 2 saturated carbocycles. The van der Waals surface area contributed by atoms with Crippen LogP contribution in [0, 0.1) is 23.6 Å². The molecule has 2 aliphatic rings. The maximum absolute atomic E-state index is 13.9. The van der Waals surface area contributed by atoms with Crippen molar-refractivity contribution in [3.63, 3.8) is 0 Å². The summed E-state index contributed by atoms with van der Waals surface area (Å²) in [5.41, 5.74) is 6.10. The first-order chi connectivity index (χ1) is 10.1. The Morgan fingerprint density at radius 3 is 2.71 bits per heavy atom. The van der Waals surface area contributed by atoms with Crippen LogP contribution in [0.25, 0.3) is 0 Å². The summed E-state index contributed by atoms with van der Waals surface area (Å²) in [5, 5.41) is 14.2. The van der Waals surface area contributed by atoms with Gasteiger partial charge in [0.1, 0.15) is 5.82 Å². The minimum absolute atomic E-state index is 0.0158. The number of halogens is 1. The van der Waals surface area contributed by atoms with Crippen molar-refractivity contribution in [3.8, 4) is 0 Å². The smallest absolute Gasteiger partial charge is 0.223 e. The molecule has 1 amide bonds. The van der Waals surface area contributed by atoms with Gasteiger partial charge in [-0.3, -0.25) is 4.79 Å². The number of nitrogens with one attached hydrogen (secondary N) is 1. The molecule has 1 aromatic rings. The predicted molar refractivity (Wildman–Crippen MR) is 75.1 cm³/mol. The van der Waals surface area contributed by atoms with E-state index in [0.29, 0.717) is 11.1 Å². The van der Waals surface area contributed by atoms with Gasteiger partial charge < -0.3 is 16.3 Å². The van der Waals surface area contributed by atoms with E-state index in [-0.39, 0.29) is 24.2 Å². The van der Waals surface area contributed by atoms with Crippen LogP contribution in [0.5, 0.6) is 0 Å². The fourth-order valence-electron chi connectivity index (χ4n) is 3.16. The van der Waals surface area contributed by atoms with Gasteiger partial charge in [0, 0.05) is 23.6 Å². The van der Waals surface area contributed by atoms with Crippen LogP contribution in [0.2, 0.25) is 0 Å². The van der Waals surface area contributed by atoms with Crippen molar-refractivity contribution >= 4 is 11.7 Å². The number of hydrogen-bond acceptors (Lipinski definition) is 3. The van der Waals surface area contributed by atoms with Crippen LogP contribution in [0.1, 0.15) is 30.4 Å². The van der Waals surface area contributed by atoms with Crippen LogP contribution in [-0.2, 0) is 11.3 Å². The molecule has 21 heavy (non-hydrogen) atoms. The minimum atomic E-state index is -0.478. The van der Waals surface area contributed by atoms with Gasteiger partial charge >= 0.3 is 0 Å². The second-order valence-corrected chi connectivity index (χ2v) is 5.93. The first-order valence-electron chi connectivity index (χ1n) is 7.12. The van der Waals surface area contributed by atoms with Gasteiger partial charge in [0.15, 0.2) is 5.84 Å². The highest BCUT2D eigenvalue weighted by atomic mass is 19.1. The fraction of sp³-hybridized carbons (Fsp3) is 0.467. The Labute approximate surface area is 122 Å². The van der Waals surface area contributed by atoms with Crippen molar-refractivity contribution in [2.45, 2.75) is 25.8 Å². The predicted octanol–water partition coefficient (Wildman–Crippen LogP) is 1.58. The Morgan fingerprint density at radius 1 is 1.38 bits per heavy atom. The van der Waals surface area contributed by atoms with Crippen LogP contribution in [0.3, 0.4) is 0 Å². The zero-order valence-electron chi connectivity index (χ0n) is 11.6. The molecule has 112 valence electrons. The summed E-state index contributed by atoms with van der Waals surface area (Å²) in [5.74, 6) is 0.980. The average molecular weight is 291 g/mol. The highest BCUT2D eigenvalue weighted by Crippen LogP contribution is 2.54. The zero-order chi connectivity index (χ0) is 15.0. The van der Waals surface area contributed by atoms with Gasteiger partial charge in [0.05, 0.1) is 0 Å². The molecule has 0 heterocycles. The first kappa shape index (κ1) is 13.9. The van der Waals surface area contributed by atoms with Gasteiger partial charge in [0.2, 0.25) is 5.91 Å². The molecular weight excluding hydrogens is 273 g/mol. The van der Waals surface area contributed by atoms with Crippen molar-refractivity contribution < 1.29 is 14.4 Å². The van der Waals surface area contributed by atoms with Gasteiger partial charge in [-0.15, -0.1) is 0 Å². The maximum Gasteiger partial charge on any atom is 0.223 e. The number of amides is 1. The van der Waals surface area contributed by atoms with Gasteiger partial charge in [-0.25, -0.2) is 4.39 Å². The lowest BCUT2D eigenvalue weighted by Crippen LogP contribution is -2.30. The molecule has 6 heteroatoms. The Kier molecular flexibility index (Phi) is 3.53. The van der Waals surface area contributed by atoms with E-state index in [1.54, 1.807) is 6.07 Å². The Bertz CT molecular complexity index is 593. The van der Waals surface area contributed by atoms with Crippen molar-refractivity contribution in [1.29, 1.82) is 0 Å². The molecule has 0 radical (unpaired) electrons. The molecule has 2 atom stereocenters.